The van der Waals surface area contributed by atoms with Crippen LogP contribution in [0.25, 0.3) is 0 Å². The van der Waals surface area contributed by atoms with Crippen molar-refractivity contribution in [3.8, 4) is 0 Å². The Labute approximate surface area is 175 Å². The lowest BCUT2D eigenvalue weighted by Gasteiger charge is -2.30. The molecule has 9 nitrogen and oxygen atoms in total. The van der Waals surface area contributed by atoms with Crippen LogP contribution >= 0.6 is 0 Å². The van der Waals surface area contributed by atoms with Gasteiger partial charge in [0.15, 0.2) is 0 Å². The molecule has 0 bridgehead atoms. The third-order valence-electron chi connectivity index (χ3n) is 4.69. The summed E-state index contributed by atoms with van der Waals surface area (Å²) in [7, 11) is -0.655. The Morgan fingerprint density at radius 1 is 1.07 bits per heavy atom. The molecule has 160 valence electrons. The number of ether oxygens (including phenoxy) is 1. The largest absolute Gasteiger partial charge is 0.378 e. The second kappa shape index (κ2) is 8.82. The van der Waals surface area contributed by atoms with Crippen LogP contribution in [0.5, 0.6) is 0 Å². The van der Waals surface area contributed by atoms with Crippen LogP contribution in [-0.4, -0.2) is 65.5 Å². The van der Waals surface area contributed by atoms with E-state index in [-0.39, 0.29) is 16.4 Å². The topological polar surface area (TPSA) is 122 Å². The standard InChI is InChI=1S/C20H24N4O5S/c1-23(2)20(26)14-3-5-15(6-4-14)22-19(25)17-13-16(30(21,27)28)7-8-18(17)24-9-11-29-12-10-24/h3-8,13H,9-12H2,1-2H3,(H,22,25)(H2,21,27,28). The first-order valence-electron chi connectivity index (χ1n) is 9.29. The van der Waals surface area contributed by atoms with Crippen LogP contribution in [0.4, 0.5) is 11.4 Å². The quantitative estimate of drug-likeness (QED) is 0.730. The molecule has 1 aliphatic heterocycles. The molecule has 1 fully saturated rings. The Morgan fingerprint density at radius 2 is 1.70 bits per heavy atom. The van der Waals surface area contributed by atoms with Gasteiger partial charge in [-0.25, -0.2) is 13.6 Å². The minimum atomic E-state index is -3.97. The number of rotatable bonds is 5. The van der Waals surface area contributed by atoms with E-state index in [1.807, 2.05) is 4.90 Å². The summed E-state index contributed by atoms with van der Waals surface area (Å²) in [6, 6.07) is 10.7. The number of amides is 2. The van der Waals surface area contributed by atoms with Gasteiger partial charge in [0.25, 0.3) is 11.8 Å². The first-order chi connectivity index (χ1) is 14.2. The van der Waals surface area contributed by atoms with Crippen molar-refractivity contribution in [3.63, 3.8) is 0 Å². The van der Waals surface area contributed by atoms with E-state index >= 15 is 0 Å². The van der Waals surface area contributed by atoms with Crippen LogP contribution in [0.3, 0.4) is 0 Å². The molecule has 2 aromatic rings. The van der Waals surface area contributed by atoms with Crippen molar-refractivity contribution < 1.29 is 22.7 Å². The van der Waals surface area contributed by atoms with E-state index in [4.69, 9.17) is 9.88 Å². The molecule has 30 heavy (non-hydrogen) atoms. The Hall–Kier alpha value is -2.95. The van der Waals surface area contributed by atoms with Gasteiger partial charge >= 0.3 is 0 Å². The molecule has 2 aromatic carbocycles. The molecule has 0 spiro atoms. The SMILES string of the molecule is CN(C)C(=O)c1ccc(NC(=O)c2cc(S(N)(=O)=O)ccc2N2CCOCC2)cc1. The highest BCUT2D eigenvalue weighted by atomic mass is 32.2. The Bertz CT molecular complexity index is 1050. The maximum atomic E-state index is 13.0. The molecule has 3 N–H and O–H groups in total. The predicted octanol–water partition coefficient (Wildman–Crippen LogP) is 1.12. The zero-order valence-electron chi connectivity index (χ0n) is 16.8. The van der Waals surface area contributed by atoms with Crippen molar-refractivity contribution in [1.29, 1.82) is 0 Å². The summed E-state index contributed by atoms with van der Waals surface area (Å²) in [5.74, 6) is -0.628. The fourth-order valence-electron chi connectivity index (χ4n) is 3.11. The number of anilines is 2. The van der Waals surface area contributed by atoms with Crippen molar-refractivity contribution in [2.45, 2.75) is 4.90 Å². The fraction of sp³-hybridized carbons (Fsp3) is 0.300. The third-order valence-corrected chi connectivity index (χ3v) is 5.60. The summed E-state index contributed by atoms with van der Waals surface area (Å²) in [4.78, 5) is 28.3. The third kappa shape index (κ3) is 4.96. The smallest absolute Gasteiger partial charge is 0.257 e. The molecular weight excluding hydrogens is 408 g/mol. The number of sulfonamides is 1. The van der Waals surface area contributed by atoms with E-state index in [1.54, 1.807) is 44.4 Å². The van der Waals surface area contributed by atoms with Crippen LogP contribution in [0.2, 0.25) is 0 Å². The number of carbonyl (C=O) groups excluding carboxylic acids is 2. The highest BCUT2D eigenvalue weighted by molar-refractivity contribution is 7.89. The molecule has 2 amide bonds. The Morgan fingerprint density at radius 3 is 2.27 bits per heavy atom. The zero-order valence-corrected chi connectivity index (χ0v) is 17.6. The van der Waals surface area contributed by atoms with E-state index in [0.29, 0.717) is 43.2 Å². The highest BCUT2D eigenvalue weighted by Gasteiger charge is 2.22. The highest BCUT2D eigenvalue weighted by Crippen LogP contribution is 2.26. The average molecular weight is 433 g/mol. The molecule has 0 radical (unpaired) electrons. The molecule has 0 atom stereocenters. The molecule has 3 rings (SSSR count). The number of morpholine rings is 1. The lowest BCUT2D eigenvalue weighted by molar-refractivity contribution is 0.0827. The van der Waals surface area contributed by atoms with Crippen molar-refractivity contribution in [2.24, 2.45) is 5.14 Å². The molecule has 0 saturated carbocycles. The number of nitrogens with one attached hydrogen (secondary N) is 1. The molecular formula is C20H24N4O5S. The van der Waals surface area contributed by atoms with Gasteiger partial charge in [-0.05, 0) is 42.5 Å². The van der Waals surface area contributed by atoms with Gasteiger partial charge in [-0.15, -0.1) is 0 Å². The first kappa shape index (κ1) is 21.8. The minimum absolute atomic E-state index is 0.142. The maximum absolute atomic E-state index is 13.0. The predicted molar refractivity (Wildman–Crippen MR) is 113 cm³/mol. The molecule has 0 aromatic heterocycles. The van der Waals surface area contributed by atoms with Gasteiger partial charge in [0.2, 0.25) is 10.0 Å². The van der Waals surface area contributed by atoms with Gasteiger partial charge < -0.3 is 19.9 Å². The number of carbonyl (C=O) groups is 2. The summed E-state index contributed by atoms with van der Waals surface area (Å²) < 4.78 is 28.9. The zero-order chi connectivity index (χ0) is 21.9. The lowest BCUT2D eigenvalue weighted by Crippen LogP contribution is -2.37. The van der Waals surface area contributed by atoms with Crippen molar-refractivity contribution in [1.82, 2.24) is 4.90 Å². The van der Waals surface area contributed by atoms with Gasteiger partial charge in [-0.1, -0.05) is 0 Å². The first-order valence-corrected chi connectivity index (χ1v) is 10.8. The van der Waals surface area contributed by atoms with E-state index in [2.05, 4.69) is 5.32 Å². The second-order valence-electron chi connectivity index (χ2n) is 7.05. The lowest BCUT2D eigenvalue weighted by atomic mass is 10.1. The number of nitrogens with zero attached hydrogens (tertiary/aromatic N) is 2. The molecule has 1 aliphatic rings. The number of primary sulfonamides is 1. The Balaban J connectivity index is 1.90. The number of hydrogen-bond acceptors (Lipinski definition) is 6. The van der Waals surface area contributed by atoms with Crippen molar-refractivity contribution >= 4 is 33.2 Å². The summed E-state index contributed by atoms with van der Waals surface area (Å²) >= 11 is 0. The van der Waals surface area contributed by atoms with Gasteiger partial charge in [-0.2, -0.15) is 0 Å². The van der Waals surface area contributed by atoms with Gasteiger partial charge in [0.1, 0.15) is 0 Å². The molecule has 0 unspecified atom stereocenters. The van der Waals surface area contributed by atoms with Crippen LogP contribution in [0, 0.1) is 0 Å². The summed E-state index contributed by atoms with van der Waals surface area (Å²) in [5.41, 5.74) is 1.76. The summed E-state index contributed by atoms with van der Waals surface area (Å²) in [5, 5.41) is 8.00. The van der Waals surface area contributed by atoms with E-state index in [1.165, 1.54) is 17.0 Å². The molecule has 1 saturated heterocycles. The summed E-state index contributed by atoms with van der Waals surface area (Å²) in [6.45, 7) is 2.19. The van der Waals surface area contributed by atoms with Crippen molar-refractivity contribution in [3.05, 3.63) is 53.6 Å². The second-order valence-corrected chi connectivity index (χ2v) is 8.62. The number of hydrogen-bond donors (Lipinski definition) is 2. The minimum Gasteiger partial charge on any atom is -0.378 e. The summed E-state index contributed by atoms with van der Waals surface area (Å²) in [6.07, 6.45) is 0. The Kier molecular flexibility index (Phi) is 6.40. The molecule has 10 heteroatoms. The molecule has 1 heterocycles. The van der Waals surface area contributed by atoms with Crippen LogP contribution in [-0.2, 0) is 14.8 Å². The maximum Gasteiger partial charge on any atom is 0.257 e. The van der Waals surface area contributed by atoms with Crippen LogP contribution in [0.15, 0.2) is 47.4 Å². The van der Waals surface area contributed by atoms with E-state index < -0.39 is 15.9 Å². The van der Waals surface area contributed by atoms with Gasteiger partial charge in [-0.3, -0.25) is 9.59 Å². The molecule has 0 aliphatic carbocycles. The number of nitrogens with two attached hydrogens (primary N) is 1. The average Bonchev–Trinajstić information content (AvgIpc) is 2.73. The van der Waals surface area contributed by atoms with Gasteiger partial charge in [0.05, 0.1) is 23.7 Å². The number of benzene rings is 2. The van der Waals surface area contributed by atoms with Crippen LogP contribution < -0.4 is 15.4 Å². The van der Waals surface area contributed by atoms with E-state index in [9.17, 15) is 18.0 Å². The monoisotopic (exact) mass is 432 g/mol. The van der Waals surface area contributed by atoms with Crippen molar-refractivity contribution in [2.75, 3.05) is 50.6 Å². The van der Waals surface area contributed by atoms with Crippen LogP contribution in [0.1, 0.15) is 20.7 Å². The van der Waals surface area contributed by atoms with E-state index in [0.717, 1.165) is 0 Å². The normalized spacial score (nSPS) is 14.3. The fourth-order valence-corrected chi connectivity index (χ4v) is 3.65. The van der Waals surface area contributed by atoms with Gasteiger partial charge in [0, 0.05) is 44.1 Å².